The molecule has 0 aliphatic carbocycles. The van der Waals surface area contributed by atoms with Gasteiger partial charge in [-0.25, -0.2) is 14.4 Å². The first-order valence-corrected chi connectivity index (χ1v) is 16.1. The minimum atomic E-state index is -3.08. The summed E-state index contributed by atoms with van der Waals surface area (Å²) in [4.78, 5) is 38.9. The van der Waals surface area contributed by atoms with E-state index in [4.69, 9.17) is 4.74 Å². The number of carboxylic acids is 3. The fourth-order valence-electron chi connectivity index (χ4n) is 5.60. The molecule has 0 bridgehead atoms. The van der Waals surface area contributed by atoms with E-state index in [-0.39, 0.29) is 32.3 Å². The third kappa shape index (κ3) is 12.8. The van der Waals surface area contributed by atoms with Crippen LogP contribution in [0.15, 0.2) is 30.3 Å². The van der Waals surface area contributed by atoms with Crippen molar-refractivity contribution in [2.45, 2.75) is 89.1 Å². The van der Waals surface area contributed by atoms with Gasteiger partial charge in [0.05, 0.1) is 18.8 Å². The molecule has 250 valence electrons. The van der Waals surface area contributed by atoms with Crippen LogP contribution in [0, 0.1) is 0 Å². The molecule has 1 aliphatic heterocycles. The van der Waals surface area contributed by atoms with E-state index in [1.807, 2.05) is 23.1 Å². The van der Waals surface area contributed by atoms with E-state index in [0.29, 0.717) is 45.8 Å². The summed E-state index contributed by atoms with van der Waals surface area (Å²) in [6, 6.07) is 10.2. The van der Waals surface area contributed by atoms with E-state index in [9.17, 15) is 34.8 Å². The van der Waals surface area contributed by atoms with Crippen molar-refractivity contribution in [1.29, 1.82) is 0 Å². The fourth-order valence-corrected chi connectivity index (χ4v) is 5.60. The molecule has 44 heavy (non-hydrogen) atoms. The van der Waals surface area contributed by atoms with E-state index in [1.54, 1.807) is 0 Å². The molecule has 2 rings (SSSR count). The second-order valence-electron chi connectivity index (χ2n) is 11.6. The maximum atomic E-state index is 12.0. The summed E-state index contributed by atoms with van der Waals surface area (Å²) in [6.07, 6.45) is 8.86. The molecule has 0 amide bonds. The Morgan fingerprint density at radius 3 is 1.95 bits per heavy atom. The number of hydrogen-bond donors (Lipinski definition) is 6. The van der Waals surface area contributed by atoms with Gasteiger partial charge in [-0.05, 0) is 24.8 Å². The summed E-state index contributed by atoms with van der Waals surface area (Å²) >= 11 is 0. The van der Waals surface area contributed by atoms with Crippen LogP contribution in [0.2, 0.25) is 0 Å². The number of ether oxygens (including phenoxy) is 1. The second-order valence-corrected chi connectivity index (χ2v) is 11.6. The van der Waals surface area contributed by atoms with Gasteiger partial charge < -0.3 is 35.8 Å². The standard InChI is InChI=1S/C32H54N4O8/c1-2-28(44-25-26-12-8-7-9-13-26)15-11-6-4-3-5-10-14-27(37)24-35-20-18-33-16-17-34-19-21-36(23-22-35)32(29(38)39,30(40)41)31(42)43/h7-9,12-13,27-28,33-34,37H,2-6,10-11,14-25H2,1H3,(H,38,39)(H,40,41)(H,42,43). The smallest absolute Gasteiger partial charge is 0.347 e. The molecule has 6 N–H and O–H groups in total. The molecule has 0 aromatic heterocycles. The van der Waals surface area contributed by atoms with Crippen LogP contribution >= 0.6 is 0 Å². The largest absolute Gasteiger partial charge is 0.479 e. The van der Waals surface area contributed by atoms with Crippen LogP contribution in [0.5, 0.6) is 0 Å². The van der Waals surface area contributed by atoms with Crippen molar-refractivity contribution in [3.8, 4) is 0 Å². The number of rotatable bonds is 19. The first kappa shape index (κ1) is 37.6. The SMILES string of the molecule is CCC(CCCCCCCCC(O)CN1CCNCCNCCN(C(C(=O)O)(C(=O)O)C(=O)O)CC1)OCc1ccccc1. The van der Waals surface area contributed by atoms with Crippen LogP contribution in [-0.2, 0) is 25.7 Å². The zero-order valence-electron chi connectivity index (χ0n) is 26.3. The maximum Gasteiger partial charge on any atom is 0.347 e. The normalized spacial score (nSPS) is 17.7. The van der Waals surface area contributed by atoms with Gasteiger partial charge in [-0.3, -0.25) is 9.80 Å². The Hall–Kier alpha value is -2.61. The van der Waals surface area contributed by atoms with Gasteiger partial charge in [0.15, 0.2) is 0 Å². The molecule has 0 spiro atoms. The molecule has 1 fully saturated rings. The number of nitrogens with one attached hydrogen (secondary N) is 2. The van der Waals surface area contributed by atoms with E-state index in [1.165, 1.54) is 5.56 Å². The molecule has 1 aromatic rings. The van der Waals surface area contributed by atoms with Gasteiger partial charge >= 0.3 is 23.4 Å². The minimum absolute atomic E-state index is 0.0683. The Kier molecular flexibility index (Phi) is 18.1. The number of aliphatic carboxylic acids is 3. The van der Waals surface area contributed by atoms with Crippen molar-refractivity contribution >= 4 is 17.9 Å². The molecular formula is C32H54N4O8. The third-order valence-corrected chi connectivity index (χ3v) is 8.30. The van der Waals surface area contributed by atoms with Crippen molar-refractivity contribution in [2.24, 2.45) is 0 Å². The number of benzene rings is 1. The average Bonchev–Trinajstić information content (AvgIpc) is 2.98. The number of β-amino-alcohol motifs (C(OH)–C–C–N with tert-alkyl or cyclic N) is 1. The lowest BCUT2D eigenvalue weighted by molar-refractivity contribution is -0.179. The summed E-state index contributed by atoms with van der Waals surface area (Å²) in [6.45, 7) is 5.87. The topological polar surface area (TPSA) is 172 Å². The van der Waals surface area contributed by atoms with E-state index >= 15 is 0 Å². The molecule has 1 saturated heterocycles. The molecule has 0 saturated carbocycles. The van der Waals surface area contributed by atoms with Gasteiger partial charge in [-0.1, -0.05) is 75.8 Å². The van der Waals surface area contributed by atoms with Crippen molar-refractivity contribution in [3.63, 3.8) is 0 Å². The first-order valence-electron chi connectivity index (χ1n) is 16.1. The Bertz CT molecular complexity index is 931. The third-order valence-electron chi connectivity index (χ3n) is 8.30. The highest BCUT2D eigenvalue weighted by Gasteiger charge is 2.59. The quantitative estimate of drug-likeness (QED) is 0.0984. The number of unbranched alkanes of at least 4 members (excludes halogenated alkanes) is 5. The number of aliphatic hydroxyl groups excluding tert-OH is 1. The molecule has 1 aliphatic rings. The Morgan fingerprint density at radius 2 is 1.36 bits per heavy atom. The van der Waals surface area contributed by atoms with Crippen molar-refractivity contribution in [3.05, 3.63) is 35.9 Å². The Balaban J connectivity index is 1.74. The molecule has 12 heteroatoms. The predicted molar refractivity (Wildman–Crippen MR) is 168 cm³/mol. The summed E-state index contributed by atoms with van der Waals surface area (Å²) in [5, 5.41) is 46.3. The van der Waals surface area contributed by atoms with Gasteiger partial charge in [0.1, 0.15) is 0 Å². The molecule has 2 unspecified atom stereocenters. The molecule has 1 heterocycles. The number of nitrogens with zero attached hydrogens (tertiary/aromatic N) is 2. The van der Waals surface area contributed by atoms with Crippen LogP contribution in [0.3, 0.4) is 0 Å². The number of aliphatic hydroxyl groups is 1. The zero-order chi connectivity index (χ0) is 32.2. The first-order chi connectivity index (χ1) is 21.2. The van der Waals surface area contributed by atoms with Crippen LogP contribution in [-0.4, -0.2) is 125 Å². The Morgan fingerprint density at radius 1 is 0.795 bits per heavy atom. The lowest BCUT2D eigenvalue weighted by atomic mass is 9.97. The summed E-state index contributed by atoms with van der Waals surface area (Å²) < 4.78 is 6.09. The highest BCUT2D eigenvalue weighted by molar-refractivity contribution is 6.21. The summed E-state index contributed by atoms with van der Waals surface area (Å²) in [5.74, 6) is -5.79. The summed E-state index contributed by atoms with van der Waals surface area (Å²) in [5.41, 5.74) is -1.88. The maximum absolute atomic E-state index is 12.0. The van der Waals surface area contributed by atoms with E-state index in [2.05, 4.69) is 29.7 Å². The molecule has 0 radical (unpaired) electrons. The lowest BCUT2D eigenvalue weighted by Gasteiger charge is -2.36. The van der Waals surface area contributed by atoms with Gasteiger partial charge in [0.2, 0.25) is 0 Å². The fraction of sp³-hybridized carbons (Fsp3) is 0.719. The van der Waals surface area contributed by atoms with Gasteiger partial charge in [-0.2, -0.15) is 0 Å². The van der Waals surface area contributed by atoms with Gasteiger partial charge in [-0.15, -0.1) is 0 Å². The van der Waals surface area contributed by atoms with Gasteiger partial charge in [0.25, 0.3) is 0 Å². The van der Waals surface area contributed by atoms with Crippen LogP contribution in [0.4, 0.5) is 0 Å². The van der Waals surface area contributed by atoms with Crippen LogP contribution in [0.25, 0.3) is 0 Å². The van der Waals surface area contributed by atoms with Crippen molar-refractivity contribution in [1.82, 2.24) is 20.4 Å². The van der Waals surface area contributed by atoms with Crippen LogP contribution < -0.4 is 10.6 Å². The lowest BCUT2D eigenvalue weighted by Crippen LogP contribution is -2.67. The highest BCUT2D eigenvalue weighted by atomic mass is 16.5. The highest BCUT2D eigenvalue weighted by Crippen LogP contribution is 2.19. The molecule has 1 aromatic carbocycles. The number of carbonyl (C=O) groups is 3. The monoisotopic (exact) mass is 622 g/mol. The van der Waals surface area contributed by atoms with Crippen LogP contribution in [0.1, 0.15) is 70.3 Å². The van der Waals surface area contributed by atoms with Crippen molar-refractivity contribution < 1.29 is 39.5 Å². The number of hydrogen-bond acceptors (Lipinski definition) is 9. The molecular weight excluding hydrogens is 568 g/mol. The van der Waals surface area contributed by atoms with E-state index in [0.717, 1.165) is 56.3 Å². The molecule has 2 atom stereocenters. The zero-order valence-corrected chi connectivity index (χ0v) is 26.3. The summed E-state index contributed by atoms with van der Waals surface area (Å²) in [7, 11) is 0. The minimum Gasteiger partial charge on any atom is -0.479 e. The van der Waals surface area contributed by atoms with E-state index < -0.39 is 29.6 Å². The van der Waals surface area contributed by atoms with Gasteiger partial charge in [0, 0.05) is 58.9 Å². The predicted octanol–water partition coefficient (Wildman–Crippen LogP) is 2.25. The number of carboxylic acid groups (broad SMARTS) is 3. The molecule has 12 nitrogen and oxygen atoms in total. The van der Waals surface area contributed by atoms with Crippen molar-refractivity contribution in [2.75, 3.05) is 58.9 Å². The average molecular weight is 623 g/mol. The Labute approximate surface area is 261 Å². The second kappa shape index (κ2) is 21.2.